The fourth-order valence-electron chi connectivity index (χ4n) is 2.10. The minimum absolute atomic E-state index is 0.358. The van der Waals surface area contributed by atoms with Crippen LogP contribution in [0.2, 0.25) is 0 Å². The second kappa shape index (κ2) is 5.29. The number of benzene rings is 1. The number of hydrogen-bond acceptors (Lipinski definition) is 4. The molecule has 0 aliphatic heterocycles. The highest BCUT2D eigenvalue weighted by Gasteiger charge is 2.27. The Morgan fingerprint density at radius 3 is 2.89 bits per heavy atom. The van der Waals surface area contributed by atoms with Crippen LogP contribution >= 0.6 is 0 Å². The third-order valence-corrected chi connectivity index (χ3v) is 3.49. The standard InChI is InChI=1S/C14H20N2O2/c1-9(10-3-4-10)8-16-13-6-5-11(15)7-12(13)14(17)18-2/h5-7,9-10,16H,3-4,8,15H2,1-2H3. The quantitative estimate of drug-likeness (QED) is 0.620. The van der Waals surface area contributed by atoms with Crippen LogP contribution < -0.4 is 11.1 Å². The Kier molecular flexibility index (Phi) is 3.75. The summed E-state index contributed by atoms with van der Waals surface area (Å²) in [6.07, 6.45) is 2.66. The maximum Gasteiger partial charge on any atom is 0.340 e. The summed E-state index contributed by atoms with van der Waals surface area (Å²) >= 11 is 0. The summed E-state index contributed by atoms with van der Waals surface area (Å²) in [6, 6.07) is 5.27. The first-order chi connectivity index (χ1) is 8.61. The van der Waals surface area contributed by atoms with Crippen LogP contribution in [0, 0.1) is 11.8 Å². The van der Waals surface area contributed by atoms with E-state index in [9.17, 15) is 4.79 Å². The van der Waals surface area contributed by atoms with Crippen LogP contribution in [-0.4, -0.2) is 19.6 Å². The van der Waals surface area contributed by atoms with Crippen LogP contribution in [0.25, 0.3) is 0 Å². The Morgan fingerprint density at radius 2 is 2.28 bits per heavy atom. The average Bonchev–Trinajstić information content (AvgIpc) is 3.20. The van der Waals surface area contributed by atoms with Crippen molar-refractivity contribution in [2.45, 2.75) is 19.8 Å². The zero-order chi connectivity index (χ0) is 13.1. The monoisotopic (exact) mass is 248 g/mol. The molecule has 2 rings (SSSR count). The number of ether oxygens (including phenoxy) is 1. The highest BCUT2D eigenvalue weighted by molar-refractivity contribution is 5.96. The van der Waals surface area contributed by atoms with Crippen molar-refractivity contribution < 1.29 is 9.53 Å². The van der Waals surface area contributed by atoms with Crippen molar-refractivity contribution in [3.63, 3.8) is 0 Å². The van der Waals surface area contributed by atoms with Crippen LogP contribution in [0.3, 0.4) is 0 Å². The summed E-state index contributed by atoms with van der Waals surface area (Å²) < 4.78 is 4.76. The number of anilines is 2. The van der Waals surface area contributed by atoms with Gasteiger partial charge in [-0.3, -0.25) is 0 Å². The van der Waals surface area contributed by atoms with Crippen molar-refractivity contribution in [2.75, 3.05) is 24.7 Å². The Hall–Kier alpha value is -1.71. The van der Waals surface area contributed by atoms with E-state index < -0.39 is 0 Å². The van der Waals surface area contributed by atoms with Crippen molar-refractivity contribution in [1.82, 2.24) is 0 Å². The lowest BCUT2D eigenvalue weighted by atomic mass is 10.1. The number of esters is 1. The van der Waals surface area contributed by atoms with Gasteiger partial charge < -0.3 is 15.8 Å². The molecular formula is C14H20N2O2. The molecular weight excluding hydrogens is 228 g/mol. The second-order valence-electron chi connectivity index (χ2n) is 4.99. The summed E-state index contributed by atoms with van der Waals surface area (Å²) in [4.78, 5) is 11.7. The summed E-state index contributed by atoms with van der Waals surface area (Å²) in [7, 11) is 1.38. The Labute approximate surface area is 108 Å². The molecule has 1 fully saturated rings. The van der Waals surface area contributed by atoms with E-state index in [2.05, 4.69) is 12.2 Å². The van der Waals surface area contributed by atoms with Gasteiger partial charge in [0.25, 0.3) is 0 Å². The Bertz CT molecular complexity index is 441. The molecule has 4 nitrogen and oxygen atoms in total. The van der Waals surface area contributed by atoms with Gasteiger partial charge >= 0.3 is 5.97 Å². The van der Waals surface area contributed by atoms with Gasteiger partial charge in [0.2, 0.25) is 0 Å². The zero-order valence-corrected chi connectivity index (χ0v) is 10.9. The first-order valence-corrected chi connectivity index (χ1v) is 6.33. The van der Waals surface area contributed by atoms with E-state index in [1.54, 1.807) is 12.1 Å². The fourth-order valence-corrected chi connectivity index (χ4v) is 2.10. The number of carbonyl (C=O) groups excluding carboxylic acids is 1. The number of hydrogen-bond donors (Lipinski definition) is 2. The predicted molar refractivity (Wildman–Crippen MR) is 72.6 cm³/mol. The van der Waals surface area contributed by atoms with Gasteiger partial charge in [0.1, 0.15) is 0 Å². The second-order valence-corrected chi connectivity index (χ2v) is 4.99. The van der Waals surface area contributed by atoms with Gasteiger partial charge in [0.05, 0.1) is 12.7 Å². The van der Waals surface area contributed by atoms with E-state index in [4.69, 9.17) is 10.5 Å². The summed E-state index contributed by atoms with van der Waals surface area (Å²) in [6.45, 7) is 3.11. The molecule has 1 aliphatic carbocycles. The van der Waals surface area contributed by atoms with Gasteiger partial charge in [-0.2, -0.15) is 0 Å². The van der Waals surface area contributed by atoms with Gasteiger partial charge in [-0.1, -0.05) is 6.92 Å². The van der Waals surface area contributed by atoms with Gasteiger partial charge in [0.15, 0.2) is 0 Å². The van der Waals surface area contributed by atoms with E-state index in [1.807, 2.05) is 6.07 Å². The molecule has 1 aliphatic rings. The van der Waals surface area contributed by atoms with Crippen LogP contribution in [0.4, 0.5) is 11.4 Å². The van der Waals surface area contributed by atoms with E-state index in [-0.39, 0.29) is 5.97 Å². The summed E-state index contributed by atoms with van der Waals surface area (Å²) in [5.41, 5.74) is 7.56. The lowest BCUT2D eigenvalue weighted by molar-refractivity contribution is 0.0602. The molecule has 98 valence electrons. The molecule has 0 spiro atoms. The molecule has 0 bridgehead atoms. The van der Waals surface area contributed by atoms with Crippen LogP contribution in [0.5, 0.6) is 0 Å². The molecule has 1 atom stereocenters. The zero-order valence-electron chi connectivity index (χ0n) is 10.9. The van der Waals surface area contributed by atoms with Gasteiger partial charge in [-0.25, -0.2) is 4.79 Å². The van der Waals surface area contributed by atoms with Gasteiger partial charge in [0, 0.05) is 17.9 Å². The molecule has 0 radical (unpaired) electrons. The van der Waals surface area contributed by atoms with Crippen molar-refractivity contribution in [2.24, 2.45) is 11.8 Å². The first-order valence-electron chi connectivity index (χ1n) is 6.33. The van der Waals surface area contributed by atoms with E-state index in [0.29, 0.717) is 17.2 Å². The SMILES string of the molecule is COC(=O)c1cc(N)ccc1NCC(C)C1CC1. The molecule has 18 heavy (non-hydrogen) atoms. The Morgan fingerprint density at radius 1 is 1.56 bits per heavy atom. The third kappa shape index (κ3) is 2.94. The smallest absolute Gasteiger partial charge is 0.340 e. The summed E-state index contributed by atoms with van der Waals surface area (Å²) in [5, 5.41) is 3.32. The minimum atomic E-state index is -0.358. The minimum Gasteiger partial charge on any atom is -0.465 e. The van der Waals surface area contributed by atoms with Gasteiger partial charge in [-0.05, 0) is 42.9 Å². The molecule has 1 unspecified atom stereocenters. The number of nitrogens with two attached hydrogens (primary N) is 1. The Balaban J connectivity index is 2.08. The van der Waals surface area contributed by atoms with E-state index in [1.165, 1.54) is 20.0 Å². The molecule has 1 aromatic rings. The highest BCUT2D eigenvalue weighted by atomic mass is 16.5. The number of methoxy groups -OCH3 is 1. The molecule has 0 amide bonds. The van der Waals surface area contributed by atoms with Gasteiger partial charge in [-0.15, -0.1) is 0 Å². The molecule has 1 aromatic carbocycles. The number of carbonyl (C=O) groups is 1. The van der Waals surface area contributed by atoms with Crippen LogP contribution in [-0.2, 0) is 4.74 Å². The molecule has 0 saturated heterocycles. The first kappa shape index (κ1) is 12.7. The number of rotatable bonds is 5. The summed E-state index contributed by atoms with van der Waals surface area (Å²) in [5.74, 6) is 1.12. The molecule has 0 aromatic heterocycles. The topological polar surface area (TPSA) is 64.3 Å². The van der Waals surface area contributed by atoms with Crippen molar-refractivity contribution in [3.8, 4) is 0 Å². The van der Waals surface area contributed by atoms with Crippen LogP contribution in [0.1, 0.15) is 30.1 Å². The normalized spacial score (nSPS) is 16.1. The number of nitrogens with one attached hydrogen (secondary N) is 1. The van der Waals surface area contributed by atoms with Crippen molar-refractivity contribution in [3.05, 3.63) is 23.8 Å². The average molecular weight is 248 g/mol. The largest absolute Gasteiger partial charge is 0.465 e. The predicted octanol–water partition coefficient (Wildman–Crippen LogP) is 2.51. The molecule has 0 heterocycles. The fraction of sp³-hybridized carbons (Fsp3) is 0.500. The molecule has 4 heteroatoms. The third-order valence-electron chi connectivity index (χ3n) is 3.49. The lowest BCUT2D eigenvalue weighted by Gasteiger charge is -2.15. The van der Waals surface area contributed by atoms with Crippen LogP contribution in [0.15, 0.2) is 18.2 Å². The number of nitrogen functional groups attached to an aromatic ring is 1. The lowest BCUT2D eigenvalue weighted by Crippen LogP contribution is -2.15. The van der Waals surface area contributed by atoms with Crippen molar-refractivity contribution in [1.29, 1.82) is 0 Å². The maximum absolute atomic E-state index is 11.7. The van der Waals surface area contributed by atoms with E-state index >= 15 is 0 Å². The van der Waals surface area contributed by atoms with Crippen molar-refractivity contribution >= 4 is 17.3 Å². The van der Waals surface area contributed by atoms with E-state index in [0.717, 1.165) is 18.2 Å². The maximum atomic E-state index is 11.7. The molecule has 1 saturated carbocycles. The highest BCUT2D eigenvalue weighted by Crippen LogP contribution is 2.36. The molecule has 3 N–H and O–H groups in total.